The molecular weight excluding hydrogens is 290 g/mol. The van der Waals surface area contributed by atoms with E-state index in [2.05, 4.69) is 19.2 Å². The average Bonchev–Trinajstić information content (AvgIpc) is 2.92. The van der Waals surface area contributed by atoms with E-state index in [0.717, 1.165) is 35.3 Å². The summed E-state index contributed by atoms with van der Waals surface area (Å²) in [4.78, 5) is 12.1. The van der Waals surface area contributed by atoms with Crippen LogP contribution < -0.4 is 10.1 Å². The van der Waals surface area contributed by atoms with Crippen molar-refractivity contribution in [2.45, 2.75) is 53.0 Å². The van der Waals surface area contributed by atoms with Gasteiger partial charge in [0.05, 0.1) is 12.6 Å². The molecular formula is C19H27NO3. The van der Waals surface area contributed by atoms with Gasteiger partial charge in [0.25, 0.3) is 0 Å². The lowest BCUT2D eigenvalue weighted by atomic mass is 10.0. The summed E-state index contributed by atoms with van der Waals surface area (Å²) in [6, 6.07) is 7.65. The van der Waals surface area contributed by atoms with Gasteiger partial charge in [-0.1, -0.05) is 38.8 Å². The maximum Gasteiger partial charge on any atom is 0.220 e. The smallest absolute Gasteiger partial charge is 0.220 e. The van der Waals surface area contributed by atoms with Crippen molar-refractivity contribution in [1.29, 1.82) is 0 Å². The van der Waals surface area contributed by atoms with Crippen LogP contribution in [0.25, 0.3) is 11.0 Å². The Kier molecular flexibility index (Phi) is 6.08. The van der Waals surface area contributed by atoms with Gasteiger partial charge in [-0.3, -0.25) is 4.79 Å². The number of ether oxygens (including phenoxy) is 1. The quantitative estimate of drug-likeness (QED) is 0.758. The summed E-state index contributed by atoms with van der Waals surface area (Å²) < 4.78 is 11.5. The van der Waals surface area contributed by atoms with Gasteiger partial charge in [-0.05, 0) is 31.9 Å². The Morgan fingerprint density at radius 2 is 2.09 bits per heavy atom. The maximum atomic E-state index is 12.1. The lowest BCUT2D eigenvalue weighted by molar-refractivity contribution is -0.122. The van der Waals surface area contributed by atoms with E-state index in [4.69, 9.17) is 9.15 Å². The predicted octanol–water partition coefficient (Wildman–Crippen LogP) is 4.84. The van der Waals surface area contributed by atoms with E-state index in [1.54, 1.807) is 0 Å². The molecule has 1 amide bonds. The van der Waals surface area contributed by atoms with Gasteiger partial charge in [0.1, 0.15) is 5.76 Å². The average molecular weight is 317 g/mol. The third-order valence-electron chi connectivity index (χ3n) is 3.95. The number of carbonyl (C=O) groups excluding carboxylic acids is 1. The van der Waals surface area contributed by atoms with Crippen LogP contribution in [-0.4, -0.2) is 12.5 Å². The van der Waals surface area contributed by atoms with Gasteiger partial charge in [0.2, 0.25) is 5.91 Å². The number of benzene rings is 1. The van der Waals surface area contributed by atoms with Crippen LogP contribution in [0.15, 0.2) is 28.7 Å². The monoisotopic (exact) mass is 317 g/mol. The van der Waals surface area contributed by atoms with Crippen molar-refractivity contribution in [3.05, 3.63) is 30.0 Å². The number of fused-ring (bicyclic) bond motifs is 1. The van der Waals surface area contributed by atoms with Gasteiger partial charge in [0, 0.05) is 11.8 Å². The fourth-order valence-corrected chi connectivity index (χ4v) is 2.82. The molecule has 126 valence electrons. The van der Waals surface area contributed by atoms with Crippen molar-refractivity contribution in [3.8, 4) is 5.75 Å². The first-order valence-corrected chi connectivity index (χ1v) is 8.49. The predicted molar refractivity (Wildman–Crippen MR) is 92.6 cm³/mol. The highest BCUT2D eigenvalue weighted by Crippen LogP contribution is 2.31. The zero-order valence-corrected chi connectivity index (χ0v) is 14.5. The zero-order valence-electron chi connectivity index (χ0n) is 14.5. The van der Waals surface area contributed by atoms with Gasteiger partial charge in [-0.25, -0.2) is 0 Å². The van der Waals surface area contributed by atoms with Crippen molar-refractivity contribution in [1.82, 2.24) is 5.32 Å². The lowest BCUT2D eigenvalue weighted by Crippen LogP contribution is -2.27. The van der Waals surface area contributed by atoms with Gasteiger partial charge in [0.15, 0.2) is 11.3 Å². The van der Waals surface area contributed by atoms with Crippen molar-refractivity contribution >= 4 is 16.9 Å². The molecule has 1 aromatic carbocycles. The molecule has 2 unspecified atom stereocenters. The summed E-state index contributed by atoms with van der Waals surface area (Å²) in [6.07, 6.45) is 2.74. The number of para-hydroxylation sites is 1. The number of nitrogens with one attached hydrogen (secondary N) is 1. The summed E-state index contributed by atoms with van der Waals surface area (Å²) in [5, 5.41) is 4.02. The largest absolute Gasteiger partial charge is 0.490 e. The molecule has 0 radical (unpaired) electrons. The summed E-state index contributed by atoms with van der Waals surface area (Å²) in [7, 11) is 0. The minimum atomic E-state index is -0.154. The highest BCUT2D eigenvalue weighted by atomic mass is 16.5. The molecule has 0 bridgehead atoms. The number of hydrogen-bond acceptors (Lipinski definition) is 3. The highest BCUT2D eigenvalue weighted by molar-refractivity contribution is 5.84. The van der Waals surface area contributed by atoms with Crippen molar-refractivity contribution in [2.24, 2.45) is 5.92 Å². The van der Waals surface area contributed by atoms with Crippen LogP contribution in [0.5, 0.6) is 5.75 Å². The summed E-state index contributed by atoms with van der Waals surface area (Å²) in [5.74, 6) is 1.98. The Bertz CT molecular complexity index is 647. The van der Waals surface area contributed by atoms with Crippen molar-refractivity contribution in [3.63, 3.8) is 0 Å². The molecule has 2 rings (SSSR count). The third kappa shape index (κ3) is 4.50. The van der Waals surface area contributed by atoms with Crippen LogP contribution >= 0.6 is 0 Å². The fraction of sp³-hybridized carbons (Fsp3) is 0.526. The first kappa shape index (κ1) is 17.4. The van der Waals surface area contributed by atoms with E-state index in [1.807, 2.05) is 38.1 Å². The van der Waals surface area contributed by atoms with Crippen LogP contribution in [-0.2, 0) is 4.79 Å². The molecule has 1 heterocycles. The number of carbonyl (C=O) groups is 1. The SMILES string of the molecule is CCCC(C)CC(=O)NC(C)c1cc2cccc(OCC)c2o1. The molecule has 0 saturated heterocycles. The van der Waals surface area contributed by atoms with Gasteiger partial charge in [-0.2, -0.15) is 0 Å². The van der Waals surface area contributed by atoms with Crippen LogP contribution in [0.4, 0.5) is 0 Å². The minimum Gasteiger partial charge on any atom is -0.490 e. The molecule has 0 aliphatic rings. The van der Waals surface area contributed by atoms with E-state index < -0.39 is 0 Å². The van der Waals surface area contributed by atoms with E-state index in [9.17, 15) is 4.79 Å². The number of amides is 1. The zero-order chi connectivity index (χ0) is 16.8. The molecule has 0 fully saturated rings. The van der Waals surface area contributed by atoms with Crippen molar-refractivity contribution in [2.75, 3.05) is 6.61 Å². The Labute approximate surface area is 138 Å². The molecule has 0 spiro atoms. The van der Waals surface area contributed by atoms with Crippen LogP contribution in [0, 0.1) is 5.92 Å². The second-order valence-electron chi connectivity index (χ2n) is 6.14. The summed E-state index contributed by atoms with van der Waals surface area (Å²) in [5.41, 5.74) is 0.741. The van der Waals surface area contributed by atoms with Crippen LogP contribution in [0.3, 0.4) is 0 Å². The first-order valence-electron chi connectivity index (χ1n) is 8.49. The molecule has 2 atom stereocenters. The first-order chi connectivity index (χ1) is 11.0. The Morgan fingerprint density at radius 1 is 1.30 bits per heavy atom. The van der Waals surface area contributed by atoms with E-state index in [-0.39, 0.29) is 11.9 Å². The number of furan rings is 1. The summed E-state index contributed by atoms with van der Waals surface area (Å²) >= 11 is 0. The fourth-order valence-electron chi connectivity index (χ4n) is 2.82. The second-order valence-corrected chi connectivity index (χ2v) is 6.14. The van der Waals surface area contributed by atoms with E-state index in [1.165, 1.54) is 0 Å². The standard InChI is InChI=1S/C19H27NO3/c1-5-8-13(3)11-18(21)20-14(4)17-12-15-9-7-10-16(22-6-2)19(15)23-17/h7,9-10,12-14H,5-6,8,11H2,1-4H3,(H,20,21). The molecule has 0 aliphatic carbocycles. The van der Waals surface area contributed by atoms with E-state index >= 15 is 0 Å². The van der Waals surface area contributed by atoms with Crippen molar-refractivity contribution < 1.29 is 13.9 Å². The van der Waals surface area contributed by atoms with E-state index in [0.29, 0.717) is 18.9 Å². The van der Waals surface area contributed by atoms with Gasteiger partial charge < -0.3 is 14.5 Å². The lowest BCUT2D eigenvalue weighted by Gasteiger charge is -2.14. The second kappa shape index (κ2) is 8.04. The molecule has 23 heavy (non-hydrogen) atoms. The van der Waals surface area contributed by atoms with Gasteiger partial charge in [-0.15, -0.1) is 0 Å². The molecule has 1 aromatic heterocycles. The summed E-state index contributed by atoms with van der Waals surface area (Å²) in [6.45, 7) is 8.74. The highest BCUT2D eigenvalue weighted by Gasteiger charge is 2.17. The van der Waals surface area contributed by atoms with Crippen LogP contribution in [0.1, 0.15) is 58.8 Å². The molecule has 4 heteroatoms. The third-order valence-corrected chi connectivity index (χ3v) is 3.95. The minimum absolute atomic E-state index is 0.0731. The maximum absolute atomic E-state index is 12.1. The normalized spacial score (nSPS) is 13.7. The Morgan fingerprint density at radius 3 is 2.78 bits per heavy atom. The van der Waals surface area contributed by atoms with Gasteiger partial charge >= 0.3 is 0 Å². The molecule has 2 aromatic rings. The molecule has 0 saturated carbocycles. The molecule has 4 nitrogen and oxygen atoms in total. The Balaban J connectivity index is 2.07. The Hall–Kier alpha value is -1.97. The van der Waals surface area contributed by atoms with Crippen LogP contribution in [0.2, 0.25) is 0 Å². The molecule has 0 aliphatic heterocycles. The topological polar surface area (TPSA) is 51.5 Å². The molecule has 1 N–H and O–H groups in total. The number of hydrogen-bond donors (Lipinski definition) is 1. The number of rotatable bonds is 8.